The number of hydrogen-bond acceptors (Lipinski definition) is 5. The Kier molecular flexibility index (Phi) is 7.89. The number of aromatic nitrogens is 2. The summed E-state index contributed by atoms with van der Waals surface area (Å²) in [6.07, 6.45) is 4.07. The van der Waals surface area contributed by atoms with Gasteiger partial charge in [-0.2, -0.15) is 0 Å². The van der Waals surface area contributed by atoms with Gasteiger partial charge < -0.3 is 14.6 Å². The maximum absolute atomic E-state index is 13.0. The largest absolute Gasteiger partial charge is 0.490 e. The van der Waals surface area contributed by atoms with Gasteiger partial charge >= 0.3 is 5.97 Å². The van der Waals surface area contributed by atoms with Crippen LogP contribution in [0.15, 0.2) is 41.2 Å². The highest BCUT2D eigenvalue weighted by atomic mass is 35.5. The van der Waals surface area contributed by atoms with Crippen molar-refractivity contribution >= 4 is 40.6 Å². The number of rotatable bonds is 10. The summed E-state index contributed by atoms with van der Waals surface area (Å²) in [6.45, 7) is 4.87. The summed E-state index contributed by atoms with van der Waals surface area (Å²) in [7, 11) is 0. The Balaban J connectivity index is 2.04. The van der Waals surface area contributed by atoms with Crippen LogP contribution >= 0.6 is 11.6 Å². The molecule has 0 unspecified atom stereocenters. The van der Waals surface area contributed by atoms with E-state index in [0.717, 1.165) is 12.0 Å². The summed E-state index contributed by atoms with van der Waals surface area (Å²) in [6, 6.07) is 10.5. The normalized spacial score (nSPS) is 11.2. The molecule has 2 aromatic carbocycles. The predicted molar refractivity (Wildman–Crippen MR) is 126 cm³/mol. The SMILES string of the molecule is CCCOc1c(Cl)cc(/C=C/c2nc3ccccc3c(=O)n2CCC(=O)O)cc1OCC. The number of hydrogen-bond donors (Lipinski definition) is 1. The van der Waals surface area contributed by atoms with Crippen LogP contribution in [-0.4, -0.2) is 33.8 Å². The molecule has 0 aliphatic rings. The van der Waals surface area contributed by atoms with Crippen LogP contribution in [-0.2, 0) is 11.3 Å². The third kappa shape index (κ3) is 5.48. The number of para-hydroxylation sites is 1. The Morgan fingerprint density at radius 2 is 1.97 bits per heavy atom. The maximum atomic E-state index is 13.0. The van der Waals surface area contributed by atoms with Crippen molar-refractivity contribution in [1.82, 2.24) is 9.55 Å². The molecule has 0 radical (unpaired) electrons. The number of carboxylic acid groups (broad SMARTS) is 1. The quantitative estimate of drug-likeness (QED) is 0.467. The lowest BCUT2D eigenvalue weighted by molar-refractivity contribution is -0.137. The van der Waals surface area contributed by atoms with E-state index in [1.54, 1.807) is 48.6 Å². The highest BCUT2D eigenvalue weighted by Crippen LogP contribution is 2.37. The first-order chi connectivity index (χ1) is 15.4. The van der Waals surface area contributed by atoms with E-state index in [2.05, 4.69) is 4.98 Å². The minimum Gasteiger partial charge on any atom is -0.490 e. The lowest BCUT2D eigenvalue weighted by atomic mass is 10.1. The van der Waals surface area contributed by atoms with Gasteiger partial charge in [0.1, 0.15) is 5.82 Å². The Hall–Kier alpha value is -3.32. The van der Waals surface area contributed by atoms with Crippen LogP contribution in [0, 0.1) is 0 Å². The second-order valence-corrected chi connectivity index (χ2v) is 7.44. The fourth-order valence-corrected chi connectivity index (χ4v) is 3.47. The van der Waals surface area contributed by atoms with Crippen molar-refractivity contribution in [2.75, 3.05) is 13.2 Å². The molecule has 0 saturated heterocycles. The molecule has 0 saturated carbocycles. The average Bonchev–Trinajstić information content (AvgIpc) is 2.77. The number of fused-ring (bicyclic) bond motifs is 1. The molecule has 3 rings (SSSR count). The zero-order chi connectivity index (χ0) is 23.1. The van der Waals surface area contributed by atoms with Crippen molar-refractivity contribution in [3.63, 3.8) is 0 Å². The van der Waals surface area contributed by atoms with Gasteiger partial charge in [0, 0.05) is 6.54 Å². The number of ether oxygens (including phenoxy) is 2. The lowest BCUT2D eigenvalue weighted by Crippen LogP contribution is -2.25. The van der Waals surface area contributed by atoms with Gasteiger partial charge in [-0.15, -0.1) is 0 Å². The Morgan fingerprint density at radius 3 is 2.69 bits per heavy atom. The third-order valence-corrected chi connectivity index (χ3v) is 4.93. The van der Waals surface area contributed by atoms with Crippen molar-refractivity contribution in [1.29, 1.82) is 0 Å². The van der Waals surface area contributed by atoms with Crippen LogP contribution in [0.5, 0.6) is 11.5 Å². The van der Waals surface area contributed by atoms with E-state index in [1.807, 2.05) is 13.8 Å². The zero-order valence-electron chi connectivity index (χ0n) is 18.0. The molecule has 0 spiro atoms. The first-order valence-electron chi connectivity index (χ1n) is 10.4. The standard InChI is InChI=1S/C24H25ClN2O5/c1-3-13-32-23-18(25)14-16(15-20(23)31-4-2)9-10-21-26-19-8-6-5-7-17(19)24(30)27(21)12-11-22(28)29/h5-10,14-15H,3-4,11-13H2,1-2H3,(H,28,29)/b10-9+. The van der Waals surface area contributed by atoms with Crippen LogP contribution in [0.25, 0.3) is 23.1 Å². The van der Waals surface area contributed by atoms with Gasteiger partial charge in [0.25, 0.3) is 5.56 Å². The van der Waals surface area contributed by atoms with Crippen LogP contribution < -0.4 is 15.0 Å². The average molecular weight is 457 g/mol. The van der Waals surface area contributed by atoms with Crippen LogP contribution in [0.3, 0.4) is 0 Å². The Bertz CT molecular complexity index is 1200. The van der Waals surface area contributed by atoms with Gasteiger partial charge in [-0.25, -0.2) is 4.98 Å². The molecule has 1 heterocycles. The molecule has 3 aromatic rings. The molecule has 0 aliphatic carbocycles. The minimum absolute atomic E-state index is 0.0143. The summed E-state index contributed by atoms with van der Waals surface area (Å²) in [5.74, 6) is 0.392. The number of halogens is 1. The molecule has 1 N–H and O–H groups in total. The fraction of sp³-hybridized carbons (Fsp3) is 0.292. The predicted octanol–water partition coefficient (Wildman–Crippen LogP) is 4.88. The molecule has 1 aromatic heterocycles. The van der Waals surface area contributed by atoms with Gasteiger partial charge in [-0.05, 0) is 49.2 Å². The number of benzene rings is 2. The van der Waals surface area contributed by atoms with Crippen molar-refractivity contribution in [2.24, 2.45) is 0 Å². The van der Waals surface area contributed by atoms with E-state index in [1.165, 1.54) is 4.57 Å². The molecule has 0 amide bonds. The Labute approximate surface area is 190 Å². The van der Waals surface area contributed by atoms with Gasteiger partial charge in [0.15, 0.2) is 11.5 Å². The lowest BCUT2D eigenvalue weighted by Gasteiger charge is -2.14. The van der Waals surface area contributed by atoms with Crippen molar-refractivity contribution in [3.05, 3.63) is 63.2 Å². The monoisotopic (exact) mass is 456 g/mol. The van der Waals surface area contributed by atoms with Gasteiger partial charge in [-0.3, -0.25) is 14.2 Å². The number of carboxylic acids is 1. The molecule has 7 nitrogen and oxygen atoms in total. The summed E-state index contributed by atoms with van der Waals surface area (Å²) in [5.41, 5.74) is 0.988. The molecule has 0 fully saturated rings. The minimum atomic E-state index is -0.990. The molecule has 8 heteroatoms. The molecule has 0 atom stereocenters. The maximum Gasteiger partial charge on any atom is 0.305 e. The second kappa shape index (κ2) is 10.8. The summed E-state index contributed by atoms with van der Waals surface area (Å²) in [4.78, 5) is 28.6. The number of carbonyl (C=O) groups is 1. The molecule has 0 bridgehead atoms. The fourth-order valence-electron chi connectivity index (χ4n) is 3.20. The highest BCUT2D eigenvalue weighted by molar-refractivity contribution is 6.32. The molecular weight excluding hydrogens is 432 g/mol. The number of aliphatic carboxylic acids is 1. The van der Waals surface area contributed by atoms with Crippen LogP contribution in [0.2, 0.25) is 5.02 Å². The summed E-state index contributed by atoms with van der Waals surface area (Å²) >= 11 is 6.43. The highest BCUT2D eigenvalue weighted by Gasteiger charge is 2.13. The first-order valence-corrected chi connectivity index (χ1v) is 10.8. The summed E-state index contributed by atoms with van der Waals surface area (Å²) < 4.78 is 12.8. The molecule has 168 valence electrons. The van der Waals surface area contributed by atoms with E-state index >= 15 is 0 Å². The van der Waals surface area contributed by atoms with Crippen molar-refractivity contribution < 1.29 is 19.4 Å². The van der Waals surface area contributed by atoms with Gasteiger partial charge in [0.2, 0.25) is 0 Å². The Morgan fingerprint density at radius 1 is 1.19 bits per heavy atom. The smallest absolute Gasteiger partial charge is 0.305 e. The molecular formula is C24H25ClN2O5. The topological polar surface area (TPSA) is 90.7 Å². The van der Waals surface area contributed by atoms with Crippen molar-refractivity contribution in [3.8, 4) is 11.5 Å². The molecule has 0 aliphatic heterocycles. The van der Waals surface area contributed by atoms with E-state index in [4.69, 9.17) is 26.2 Å². The second-order valence-electron chi connectivity index (χ2n) is 7.03. The third-order valence-electron chi connectivity index (χ3n) is 4.65. The van der Waals surface area contributed by atoms with Gasteiger partial charge in [-0.1, -0.05) is 36.7 Å². The van der Waals surface area contributed by atoms with E-state index in [9.17, 15) is 9.59 Å². The summed E-state index contributed by atoms with van der Waals surface area (Å²) in [5, 5.41) is 9.94. The van der Waals surface area contributed by atoms with Gasteiger partial charge in [0.05, 0.1) is 35.6 Å². The van der Waals surface area contributed by atoms with Crippen molar-refractivity contribution in [2.45, 2.75) is 33.2 Å². The van der Waals surface area contributed by atoms with E-state index < -0.39 is 5.97 Å². The number of nitrogens with zero attached hydrogens (tertiary/aromatic N) is 2. The van der Waals surface area contributed by atoms with Crippen LogP contribution in [0.1, 0.15) is 38.1 Å². The van der Waals surface area contributed by atoms with E-state index in [-0.39, 0.29) is 18.5 Å². The zero-order valence-corrected chi connectivity index (χ0v) is 18.8. The molecule has 32 heavy (non-hydrogen) atoms. The first kappa shape index (κ1) is 23.3. The van der Waals surface area contributed by atoms with Crippen LogP contribution in [0.4, 0.5) is 0 Å². The van der Waals surface area contributed by atoms with E-state index in [0.29, 0.717) is 46.5 Å².